The highest BCUT2D eigenvalue weighted by Gasteiger charge is 2.24. The smallest absolute Gasteiger partial charge is 0.0827 e. The van der Waals surface area contributed by atoms with Crippen LogP contribution in [0.4, 0.5) is 0 Å². The molecular weight excluding hydrogens is 224 g/mol. The second-order valence-corrected chi connectivity index (χ2v) is 5.53. The van der Waals surface area contributed by atoms with E-state index in [1.54, 1.807) is 4.68 Å². The van der Waals surface area contributed by atoms with E-state index in [4.69, 9.17) is 0 Å². The second-order valence-electron chi connectivity index (χ2n) is 5.53. The summed E-state index contributed by atoms with van der Waals surface area (Å²) < 4.78 is 1.79. The maximum absolute atomic E-state index is 4.18. The molecule has 4 heteroatoms. The molecule has 1 heterocycles. The molecular formula is C14H26N4. The fourth-order valence-electron chi connectivity index (χ4n) is 3.01. The van der Waals surface area contributed by atoms with Gasteiger partial charge in [-0.3, -0.25) is 4.68 Å². The van der Waals surface area contributed by atoms with Gasteiger partial charge < -0.3 is 5.32 Å². The van der Waals surface area contributed by atoms with Gasteiger partial charge >= 0.3 is 0 Å². The molecule has 0 spiro atoms. The van der Waals surface area contributed by atoms with E-state index < -0.39 is 0 Å². The normalized spacial score (nSPS) is 18.3. The lowest BCUT2D eigenvalue weighted by Crippen LogP contribution is -2.36. The molecule has 102 valence electrons. The number of hydrogen-bond donors (Lipinski definition) is 1. The Bertz CT molecular complexity index is 341. The highest BCUT2D eigenvalue weighted by Crippen LogP contribution is 2.29. The third kappa shape index (κ3) is 3.80. The first-order chi connectivity index (χ1) is 8.79. The molecule has 1 saturated carbocycles. The number of aromatic nitrogens is 3. The molecule has 0 saturated heterocycles. The monoisotopic (exact) mass is 250 g/mol. The molecule has 0 aromatic carbocycles. The fourth-order valence-corrected chi connectivity index (χ4v) is 3.01. The number of aryl methyl sites for hydroxylation is 2. The van der Waals surface area contributed by atoms with Crippen molar-refractivity contribution in [3.05, 3.63) is 11.9 Å². The van der Waals surface area contributed by atoms with Gasteiger partial charge in [0, 0.05) is 19.3 Å². The Morgan fingerprint density at radius 1 is 1.44 bits per heavy atom. The van der Waals surface area contributed by atoms with Gasteiger partial charge in [-0.15, -0.1) is 5.10 Å². The van der Waals surface area contributed by atoms with Crippen molar-refractivity contribution in [2.45, 2.75) is 57.9 Å². The molecule has 18 heavy (non-hydrogen) atoms. The maximum Gasteiger partial charge on any atom is 0.0827 e. The van der Waals surface area contributed by atoms with Crippen LogP contribution in [0.15, 0.2) is 6.20 Å². The van der Waals surface area contributed by atoms with Crippen molar-refractivity contribution in [2.24, 2.45) is 13.0 Å². The molecule has 0 aliphatic heterocycles. The van der Waals surface area contributed by atoms with Gasteiger partial charge in [0.1, 0.15) is 0 Å². The van der Waals surface area contributed by atoms with Crippen molar-refractivity contribution < 1.29 is 0 Å². The van der Waals surface area contributed by atoms with Crippen molar-refractivity contribution >= 4 is 0 Å². The lowest BCUT2D eigenvalue weighted by Gasteiger charge is -2.24. The summed E-state index contributed by atoms with van der Waals surface area (Å²) in [6, 6.07) is 0.675. The Kier molecular flexibility index (Phi) is 5.17. The van der Waals surface area contributed by atoms with E-state index in [9.17, 15) is 0 Å². The van der Waals surface area contributed by atoms with Gasteiger partial charge in [0.15, 0.2) is 0 Å². The van der Waals surface area contributed by atoms with Gasteiger partial charge in [0.25, 0.3) is 0 Å². The SMILES string of the molecule is CCCNC(CCc1cn(C)nn1)C1CCCC1. The lowest BCUT2D eigenvalue weighted by molar-refractivity contribution is 0.340. The highest BCUT2D eigenvalue weighted by atomic mass is 15.4. The Balaban J connectivity index is 1.83. The van der Waals surface area contributed by atoms with E-state index in [0.717, 1.165) is 24.6 Å². The van der Waals surface area contributed by atoms with Crippen molar-refractivity contribution in [1.82, 2.24) is 20.3 Å². The molecule has 0 amide bonds. The average Bonchev–Trinajstić information content (AvgIpc) is 3.01. The van der Waals surface area contributed by atoms with E-state index in [2.05, 4.69) is 22.6 Å². The Morgan fingerprint density at radius 3 is 2.83 bits per heavy atom. The van der Waals surface area contributed by atoms with E-state index in [1.807, 2.05) is 13.2 Å². The van der Waals surface area contributed by atoms with Gasteiger partial charge in [-0.1, -0.05) is 25.0 Å². The number of hydrogen-bond acceptors (Lipinski definition) is 3. The molecule has 1 aromatic heterocycles. The summed E-state index contributed by atoms with van der Waals surface area (Å²) in [5.41, 5.74) is 1.12. The van der Waals surface area contributed by atoms with Gasteiger partial charge in [-0.2, -0.15) is 0 Å². The summed E-state index contributed by atoms with van der Waals surface area (Å²) in [5, 5.41) is 11.9. The standard InChI is InChI=1S/C14H26N4/c1-3-10-15-14(12-6-4-5-7-12)9-8-13-11-18(2)17-16-13/h11-12,14-15H,3-10H2,1-2H3. The zero-order valence-electron chi connectivity index (χ0n) is 11.7. The third-order valence-corrected chi connectivity index (χ3v) is 3.99. The first-order valence-corrected chi connectivity index (χ1v) is 7.38. The fraction of sp³-hybridized carbons (Fsp3) is 0.857. The van der Waals surface area contributed by atoms with Crippen LogP contribution in [0, 0.1) is 5.92 Å². The summed E-state index contributed by atoms with van der Waals surface area (Å²) in [4.78, 5) is 0. The van der Waals surface area contributed by atoms with Gasteiger partial charge in [-0.05, 0) is 44.6 Å². The van der Waals surface area contributed by atoms with Crippen molar-refractivity contribution in [3.63, 3.8) is 0 Å². The van der Waals surface area contributed by atoms with Crippen molar-refractivity contribution in [2.75, 3.05) is 6.54 Å². The quantitative estimate of drug-likeness (QED) is 0.807. The highest BCUT2D eigenvalue weighted by molar-refractivity contribution is 4.94. The Morgan fingerprint density at radius 2 is 2.22 bits per heavy atom. The summed E-state index contributed by atoms with van der Waals surface area (Å²) in [7, 11) is 1.93. The van der Waals surface area contributed by atoms with Crippen molar-refractivity contribution in [1.29, 1.82) is 0 Å². The number of nitrogens with one attached hydrogen (secondary N) is 1. The van der Waals surface area contributed by atoms with Crippen LogP contribution in [0.25, 0.3) is 0 Å². The molecule has 0 radical (unpaired) electrons. The zero-order valence-corrected chi connectivity index (χ0v) is 11.7. The number of rotatable bonds is 7. The number of nitrogens with zero attached hydrogens (tertiary/aromatic N) is 3. The molecule has 1 unspecified atom stereocenters. The minimum Gasteiger partial charge on any atom is -0.314 e. The molecule has 1 atom stereocenters. The van der Waals surface area contributed by atoms with E-state index in [1.165, 1.54) is 38.5 Å². The molecule has 1 aliphatic rings. The minimum absolute atomic E-state index is 0.675. The molecule has 1 aliphatic carbocycles. The van der Waals surface area contributed by atoms with Crippen LogP contribution in [0.2, 0.25) is 0 Å². The predicted octanol–water partition coefficient (Wildman–Crippen LogP) is 2.31. The van der Waals surface area contributed by atoms with Gasteiger partial charge in [0.05, 0.1) is 5.69 Å². The first kappa shape index (κ1) is 13.5. The van der Waals surface area contributed by atoms with Crippen LogP contribution in [0.3, 0.4) is 0 Å². The maximum atomic E-state index is 4.18. The summed E-state index contributed by atoms with van der Waals surface area (Å²) in [5.74, 6) is 0.883. The van der Waals surface area contributed by atoms with Crippen molar-refractivity contribution in [3.8, 4) is 0 Å². The van der Waals surface area contributed by atoms with Crippen LogP contribution >= 0.6 is 0 Å². The van der Waals surface area contributed by atoms with E-state index >= 15 is 0 Å². The molecule has 1 fully saturated rings. The second kappa shape index (κ2) is 6.88. The summed E-state index contributed by atoms with van der Waals surface area (Å²) in [6.45, 7) is 3.38. The third-order valence-electron chi connectivity index (χ3n) is 3.99. The van der Waals surface area contributed by atoms with E-state index in [0.29, 0.717) is 6.04 Å². The molecule has 4 nitrogen and oxygen atoms in total. The van der Waals surface area contributed by atoms with Crippen LogP contribution in [-0.2, 0) is 13.5 Å². The van der Waals surface area contributed by atoms with Crippen LogP contribution in [-0.4, -0.2) is 27.6 Å². The average molecular weight is 250 g/mol. The van der Waals surface area contributed by atoms with Crippen LogP contribution in [0.5, 0.6) is 0 Å². The zero-order chi connectivity index (χ0) is 12.8. The topological polar surface area (TPSA) is 42.7 Å². The Hall–Kier alpha value is -0.900. The van der Waals surface area contributed by atoms with Gasteiger partial charge in [0.2, 0.25) is 0 Å². The van der Waals surface area contributed by atoms with Gasteiger partial charge in [-0.25, -0.2) is 0 Å². The predicted molar refractivity (Wildman–Crippen MR) is 73.4 cm³/mol. The van der Waals surface area contributed by atoms with Crippen LogP contribution in [0.1, 0.15) is 51.1 Å². The Labute approximate surface area is 110 Å². The molecule has 1 aromatic rings. The molecule has 2 rings (SSSR count). The molecule has 0 bridgehead atoms. The largest absolute Gasteiger partial charge is 0.314 e. The minimum atomic E-state index is 0.675. The molecule has 1 N–H and O–H groups in total. The van der Waals surface area contributed by atoms with E-state index in [-0.39, 0.29) is 0 Å². The van der Waals surface area contributed by atoms with Crippen LogP contribution < -0.4 is 5.32 Å². The lowest BCUT2D eigenvalue weighted by atomic mass is 9.93. The first-order valence-electron chi connectivity index (χ1n) is 7.38. The summed E-state index contributed by atoms with van der Waals surface area (Å²) >= 11 is 0. The summed E-state index contributed by atoms with van der Waals surface area (Å²) in [6.07, 6.45) is 11.1.